The first kappa shape index (κ1) is 17.1. The maximum absolute atomic E-state index is 12.8. The molecule has 1 saturated heterocycles. The number of hydrogen-bond donors (Lipinski definition) is 1. The van der Waals surface area contributed by atoms with E-state index in [0.29, 0.717) is 12.1 Å². The standard InChI is InChI=1S/C18H23N5O2/c1-3-22-12-14(10-20-22)18(25)23-9-5-8-17(23)16-7-4-6-15(21-16)11-19-13(2)24/h4,6-7,10,12,17H,3,5,8-9,11H2,1-2H3,(H,19,24)/t17-/m1/s1. The second-order valence-electron chi connectivity index (χ2n) is 6.20. The highest BCUT2D eigenvalue weighted by molar-refractivity contribution is 5.94. The van der Waals surface area contributed by atoms with Crippen LogP contribution in [-0.4, -0.2) is 38.0 Å². The topological polar surface area (TPSA) is 80.1 Å². The maximum Gasteiger partial charge on any atom is 0.257 e. The summed E-state index contributed by atoms with van der Waals surface area (Å²) in [6.45, 7) is 5.33. The van der Waals surface area contributed by atoms with Crippen LogP contribution >= 0.6 is 0 Å². The predicted molar refractivity (Wildman–Crippen MR) is 92.7 cm³/mol. The van der Waals surface area contributed by atoms with E-state index in [4.69, 9.17) is 0 Å². The highest BCUT2D eigenvalue weighted by Crippen LogP contribution is 2.32. The number of carbonyl (C=O) groups is 2. The van der Waals surface area contributed by atoms with Gasteiger partial charge in [0, 0.05) is 26.2 Å². The molecule has 2 aromatic rings. The number of likely N-dealkylation sites (tertiary alicyclic amines) is 1. The van der Waals surface area contributed by atoms with Gasteiger partial charge in [-0.05, 0) is 31.9 Å². The van der Waals surface area contributed by atoms with Gasteiger partial charge in [0.1, 0.15) is 0 Å². The Morgan fingerprint density at radius 1 is 1.36 bits per heavy atom. The average Bonchev–Trinajstić information content (AvgIpc) is 3.28. The summed E-state index contributed by atoms with van der Waals surface area (Å²) in [6, 6.07) is 5.72. The number of pyridine rings is 1. The number of aromatic nitrogens is 3. The molecular formula is C18H23N5O2. The first-order valence-corrected chi connectivity index (χ1v) is 8.62. The third-order valence-electron chi connectivity index (χ3n) is 4.41. The van der Waals surface area contributed by atoms with Gasteiger partial charge in [-0.15, -0.1) is 0 Å². The van der Waals surface area contributed by atoms with Crippen molar-refractivity contribution in [2.24, 2.45) is 0 Å². The third kappa shape index (κ3) is 3.87. The molecule has 7 heteroatoms. The summed E-state index contributed by atoms with van der Waals surface area (Å²) in [7, 11) is 0. The molecule has 2 aromatic heterocycles. The van der Waals surface area contributed by atoms with Crippen LogP contribution in [0.5, 0.6) is 0 Å². The van der Waals surface area contributed by atoms with E-state index >= 15 is 0 Å². The Kier molecular flexibility index (Phi) is 5.11. The Bertz CT molecular complexity index is 770. The van der Waals surface area contributed by atoms with Crippen molar-refractivity contribution in [1.29, 1.82) is 0 Å². The van der Waals surface area contributed by atoms with Gasteiger partial charge in [-0.25, -0.2) is 0 Å². The fourth-order valence-electron chi connectivity index (χ4n) is 3.13. The summed E-state index contributed by atoms with van der Waals surface area (Å²) in [5, 5.41) is 6.95. The summed E-state index contributed by atoms with van der Waals surface area (Å²) in [4.78, 5) is 30.5. The number of hydrogen-bond acceptors (Lipinski definition) is 4. The quantitative estimate of drug-likeness (QED) is 0.901. The third-order valence-corrected chi connectivity index (χ3v) is 4.41. The summed E-state index contributed by atoms with van der Waals surface area (Å²) in [6.07, 6.45) is 5.26. The molecule has 0 bridgehead atoms. The minimum absolute atomic E-state index is 0.00346. The van der Waals surface area contributed by atoms with Gasteiger partial charge in [0.25, 0.3) is 5.91 Å². The Labute approximate surface area is 147 Å². The molecule has 2 amide bonds. The van der Waals surface area contributed by atoms with Crippen molar-refractivity contribution < 1.29 is 9.59 Å². The van der Waals surface area contributed by atoms with Crippen molar-refractivity contribution in [3.05, 3.63) is 47.5 Å². The molecule has 1 N–H and O–H groups in total. The Balaban J connectivity index is 1.78. The summed E-state index contributed by atoms with van der Waals surface area (Å²) < 4.78 is 1.75. The van der Waals surface area contributed by atoms with Crippen LogP contribution in [0, 0.1) is 0 Å². The molecule has 1 fully saturated rings. The highest BCUT2D eigenvalue weighted by Gasteiger charge is 2.32. The summed E-state index contributed by atoms with van der Waals surface area (Å²) in [5.41, 5.74) is 2.28. The van der Waals surface area contributed by atoms with Gasteiger partial charge in [0.05, 0.1) is 35.7 Å². The van der Waals surface area contributed by atoms with Gasteiger partial charge in [-0.2, -0.15) is 5.10 Å². The fraction of sp³-hybridized carbons (Fsp3) is 0.444. The molecule has 25 heavy (non-hydrogen) atoms. The van der Waals surface area contributed by atoms with E-state index in [9.17, 15) is 9.59 Å². The maximum atomic E-state index is 12.8. The van der Waals surface area contributed by atoms with E-state index in [-0.39, 0.29) is 17.9 Å². The van der Waals surface area contributed by atoms with Crippen molar-refractivity contribution in [3.63, 3.8) is 0 Å². The lowest BCUT2D eigenvalue weighted by Crippen LogP contribution is -2.31. The molecule has 0 unspecified atom stereocenters. The van der Waals surface area contributed by atoms with Gasteiger partial charge in [-0.3, -0.25) is 19.3 Å². The molecular weight excluding hydrogens is 318 g/mol. The number of rotatable bonds is 5. The lowest BCUT2D eigenvalue weighted by molar-refractivity contribution is -0.119. The molecule has 1 aliphatic heterocycles. The van der Waals surface area contributed by atoms with Crippen molar-refractivity contribution in [1.82, 2.24) is 25.0 Å². The number of nitrogens with zero attached hydrogens (tertiary/aromatic N) is 4. The number of aryl methyl sites for hydroxylation is 1. The molecule has 0 aliphatic carbocycles. The van der Waals surface area contributed by atoms with E-state index in [2.05, 4.69) is 15.4 Å². The van der Waals surface area contributed by atoms with Crippen LogP contribution in [0.1, 0.15) is 54.5 Å². The predicted octanol–water partition coefficient (Wildman–Crippen LogP) is 1.91. The minimum Gasteiger partial charge on any atom is -0.351 e. The molecule has 0 aromatic carbocycles. The van der Waals surface area contributed by atoms with Crippen molar-refractivity contribution >= 4 is 11.8 Å². The first-order valence-electron chi connectivity index (χ1n) is 8.62. The summed E-state index contributed by atoms with van der Waals surface area (Å²) in [5.74, 6) is -0.0888. The molecule has 3 rings (SSSR count). The molecule has 0 spiro atoms. The van der Waals surface area contributed by atoms with Crippen LogP contribution in [-0.2, 0) is 17.9 Å². The van der Waals surface area contributed by atoms with Gasteiger partial charge < -0.3 is 10.2 Å². The molecule has 1 aliphatic rings. The van der Waals surface area contributed by atoms with Gasteiger partial charge in [0.15, 0.2) is 0 Å². The number of nitrogens with one attached hydrogen (secondary N) is 1. The van der Waals surface area contributed by atoms with Crippen LogP contribution in [0.3, 0.4) is 0 Å². The molecule has 0 saturated carbocycles. The monoisotopic (exact) mass is 341 g/mol. The van der Waals surface area contributed by atoms with Crippen LogP contribution in [0.2, 0.25) is 0 Å². The highest BCUT2D eigenvalue weighted by atomic mass is 16.2. The fourth-order valence-corrected chi connectivity index (χ4v) is 3.13. The van der Waals surface area contributed by atoms with E-state index in [0.717, 1.165) is 37.3 Å². The zero-order chi connectivity index (χ0) is 17.8. The number of amides is 2. The van der Waals surface area contributed by atoms with Crippen LogP contribution in [0.4, 0.5) is 0 Å². The smallest absolute Gasteiger partial charge is 0.257 e. The normalized spacial score (nSPS) is 16.9. The Hall–Kier alpha value is -2.70. The van der Waals surface area contributed by atoms with Crippen molar-refractivity contribution in [2.75, 3.05) is 6.54 Å². The molecule has 132 valence electrons. The molecule has 3 heterocycles. The lowest BCUT2D eigenvalue weighted by atomic mass is 10.1. The van der Waals surface area contributed by atoms with Gasteiger partial charge in [-0.1, -0.05) is 6.07 Å². The largest absolute Gasteiger partial charge is 0.351 e. The van der Waals surface area contributed by atoms with Gasteiger partial charge >= 0.3 is 0 Å². The first-order chi connectivity index (χ1) is 12.1. The van der Waals surface area contributed by atoms with Crippen LogP contribution in [0.15, 0.2) is 30.6 Å². The molecule has 1 atom stereocenters. The SMILES string of the molecule is CCn1cc(C(=O)N2CCC[C@@H]2c2cccc(CNC(C)=O)n2)cn1. The average molecular weight is 341 g/mol. The Morgan fingerprint density at radius 3 is 2.92 bits per heavy atom. The zero-order valence-electron chi connectivity index (χ0n) is 14.6. The van der Waals surface area contributed by atoms with Crippen molar-refractivity contribution in [3.8, 4) is 0 Å². The van der Waals surface area contributed by atoms with E-state index in [1.165, 1.54) is 6.92 Å². The second kappa shape index (κ2) is 7.46. The zero-order valence-corrected chi connectivity index (χ0v) is 14.6. The lowest BCUT2D eigenvalue weighted by Gasteiger charge is -2.24. The van der Waals surface area contributed by atoms with E-state index in [1.54, 1.807) is 17.1 Å². The van der Waals surface area contributed by atoms with Crippen molar-refractivity contribution in [2.45, 2.75) is 45.8 Å². The second-order valence-corrected chi connectivity index (χ2v) is 6.20. The molecule has 0 radical (unpaired) electrons. The van der Waals surface area contributed by atoms with Crippen LogP contribution in [0.25, 0.3) is 0 Å². The Morgan fingerprint density at radius 2 is 2.20 bits per heavy atom. The summed E-state index contributed by atoms with van der Waals surface area (Å²) >= 11 is 0. The minimum atomic E-state index is -0.0854. The number of carbonyl (C=O) groups excluding carboxylic acids is 2. The molecule has 7 nitrogen and oxygen atoms in total. The van der Waals surface area contributed by atoms with E-state index < -0.39 is 0 Å². The van der Waals surface area contributed by atoms with Gasteiger partial charge in [0.2, 0.25) is 5.91 Å². The van der Waals surface area contributed by atoms with Crippen LogP contribution < -0.4 is 5.32 Å². The van der Waals surface area contributed by atoms with E-state index in [1.807, 2.05) is 30.0 Å².